The van der Waals surface area contributed by atoms with Crippen molar-refractivity contribution in [1.29, 1.82) is 0 Å². The third-order valence-corrected chi connectivity index (χ3v) is 11.5. The molecule has 1 spiro atoms. The van der Waals surface area contributed by atoms with Crippen LogP contribution in [0, 0.1) is 0 Å². The number of rotatable bonds is 5. The molecule has 55 heavy (non-hydrogen) atoms. The summed E-state index contributed by atoms with van der Waals surface area (Å²) < 4.78 is 0. The van der Waals surface area contributed by atoms with E-state index in [0.717, 1.165) is 39.2 Å². The summed E-state index contributed by atoms with van der Waals surface area (Å²) >= 11 is 0. The summed E-state index contributed by atoms with van der Waals surface area (Å²) in [4.78, 5) is 10.7. The second kappa shape index (κ2) is 12.5. The summed E-state index contributed by atoms with van der Waals surface area (Å²) in [6.07, 6.45) is 0. The smallest absolute Gasteiger partial charge is 0.160 e. The van der Waals surface area contributed by atoms with Gasteiger partial charge in [-0.2, -0.15) is 0 Å². The van der Waals surface area contributed by atoms with E-state index in [2.05, 4.69) is 200 Å². The van der Waals surface area contributed by atoms with Crippen LogP contribution in [-0.4, -0.2) is 9.97 Å². The fraction of sp³-hybridized carbons (Fsp3) is 0.0189. The van der Waals surface area contributed by atoms with Gasteiger partial charge in [0.25, 0.3) is 0 Å². The first-order valence-corrected chi connectivity index (χ1v) is 18.9. The molecule has 0 amide bonds. The third kappa shape index (κ3) is 4.82. The normalized spacial score (nSPS) is 12.9. The molecule has 0 saturated carbocycles. The van der Waals surface area contributed by atoms with Crippen LogP contribution in [0.25, 0.3) is 78.4 Å². The van der Waals surface area contributed by atoms with Crippen LogP contribution >= 0.6 is 0 Å². The zero-order chi connectivity index (χ0) is 36.3. The minimum absolute atomic E-state index is 0.429. The average Bonchev–Trinajstić information content (AvgIpc) is 3.75. The molecule has 0 fully saturated rings. The van der Waals surface area contributed by atoms with Crippen LogP contribution in [0.1, 0.15) is 22.3 Å². The molecule has 2 heteroatoms. The summed E-state index contributed by atoms with van der Waals surface area (Å²) in [5, 5.41) is 0. The van der Waals surface area contributed by atoms with Crippen LogP contribution in [0.2, 0.25) is 0 Å². The second-order valence-corrected chi connectivity index (χ2v) is 14.5. The maximum Gasteiger partial charge on any atom is 0.160 e. The predicted molar refractivity (Wildman–Crippen MR) is 226 cm³/mol. The molecule has 0 aliphatic heterocycles. The van der Waals surface area contributed by atoms with Crippen molar-refractivity contribution >= 4 is 0 Å². The van der Waals surface area contributed by atoms with Gasteiger partial charge in [0.15, 0.2) is 5.82 Å². The molecule has 11 rings (SSSR count). The maximum atomic E-state index is 5.40. The van der Waals surface area contributed by atoms with Crippen molar-refractivity contribution in [3.05, 3.63) is 229 Å². The molecule has 0 bridgehead atoms. The molecule has 1 heterocycles. The average molecular weight is 699 g/mol. The quantitative estimate of drug-likeness (QED) is 0.179. The molecule has 8 aromatic carbocycles. The standard InChI is InChI=1S/C53H34N2/c1-4-17-35(18-5-1)38-31-39(36-19-6-2-7-20-36)33-40(32-38)49-34-50(55-52(54-49)37-21-8-3-9-22-37)44-26-16-30-48-51(44)43-25-12-15-29-47(43)53(48)45-27-13-10-23-41(45)42-24-11-14-28-46(42)53/h1-34H. The summed E-state index contributed by atoms with van der Waals surface area (Å²) in [6, 6.07) is 74.3. The van der Waals surface area contributed by atoms with Gasteiger partial charge in [0.05, 0.1) is 16.8 Å². The highest BCUT2D eigenvalue weighted by atomic mass is 14.9. The van der Waals surface area contributed by atoms with Crippen molar-refractivity contribution in [3.63, 3.8) is 0 Å². The van der Waals surface area contributed by atoms with Crippen molar-refractivity contribution in [3.8, 4) is 78.4 Å². The van der Waals surface area contributed by atoms with E-state index in [4.69, 9.17) is 9.97 Å². The van der Waals surface area contributed by atoms with E-state index in [1.54, 1.807) is 0 Å². The van der Waals surface area contributed by atoms with Crippen molar-refractivity contribution in [2.45, 2.75) is 5.41 Å². The van der Waals surface area contributed by atoms with Crippen molar-refractivity contribution < 1.29 is 0 Å². The van der Waals surface area contributed by atoms with Crippen molar-refractivity contribution in [1.82, 2.24) is 9.97 Å². The van der Waals surface area contributed by atoms with Crippen LogP contribution in [0.15, 0.2) is 206 Å². The first-order valence-electron chi connectivity index (χ1n) is 18.9. The molecule has 2 aliphatic rings. The highest BCUT2D eigenvalue weighted by Gasteiger charge is 2.52. The topological polar surface area (TPSA) is 25.8 Å². The Labute approximate surface area is 321 Å². The lowest BCUT2D eigenvalue weighted by Gasteiger charge is -2.30. The van der Waals surface area contributed by atoms with E-state index >= 15 is 0 Å². The molecule has 0 atom stereocenters. The third-order valence-electron chi connectivity index (χ3n) is 11.5. The van der Waals surface area contributed by atoms with E-state index in [1.807, 2.05) is 6.07 Å². The minimum Gasteiger partial charge on any atom is -0.228 e. The number of benzene rings is 8. The Bertz CT molecular complexity index is 2810. The molecule has 0 N–H and O–H groups in total. The van der Waals surface area contributed by atoms with Gasteiger partial charge >= 0.3 is 0 Å². The lowest BCUT2D eigenvalue weighted by atomic mass is 9.70. The van der Waals surface area contributed by atoms with Gasteiger partial charge < -0.3 is 0 Å². The maximum absolute atomic E-state index is 5.40. The monoisotopic (exact) mass is 698 g/mol. The van der Waals surface area contributed by atoms with Gasteiger partial charge in [-0.25, -0.2) is 9.97 Å². The Morgan fingerprint density at radius 1 is 0.273 bits per heavy atom. The zero-order valence-electron chi connectivity index (χ0n) is 30.0. The van der Waals surface area contributed by atoms with Crippen LogP contribution < -0.4 is 0 Å². The Balaban J connectivity index is 1.18. The second-order valence-electron chi connectivity index (χ2n) is 14.5. The van der Waals surface area contributed by atoms with Gasteiger partial charge in [0.1, 0.15) is 0 Å². The molecular weight excluding hydrogens is 665 g/mol. The van der Waals surface area contributed by atoms with E-state index in [9.17, 15) is 0 Å². The SMILES string of the molecule is c1ccc(-c2cc(-c3ccccc3)cc(-c3cc(-c4cccc5c4-c4ccccc4C54c5ccccc5-c5ccccc54)nc(-c4ccccc4)n3)c2)cc1. The first-order chi connectivity index (χ1) is 27.3. The summed E-state index contributed by atoms with van der Waals surface area (Å²) in [5.74, 6) is 0.703. The highest BCUT2D eigenvalue weighted by molar-refractivity contribution is 6.00. The van der Waals surface area contributed by atoms with Crippen molar-refractivity contribution in [2.24, 2.45) is 0 Å². The highest BCUT2D eigenvalue weighted by Crippen LogP contribution is 2.63. The molecule has 256 valence electrons. The molecule has 0 radical (unpaired) electrons. The predicted octanol–water partition coefficient (Wildman–Crippen LogP) is 13.2. The van der Waals surface area contributed by atoms with Crippen molar-refractivity contribution in [2.75, 3.05) is 0 Å². The molecule has 2 nitrogen and oxygen atoms in total. The van der Waals surface area contributed by atoms with Crippen LogP contribution in [-0.2, 0) is 5.41 Å². The van der Waals surface area contributed by atoms with Crippen LogP contribution in [0.5, 0.6) is 0 Å². The fourth-order valence-corrected chi connectivity index (χ4v) is 9.18. The van der Waals surface area contributed by atoms with Crippen LogP contribution in [0.3, 0.4) is 0 Å². The lowest BCUT2D eigenvalue weighted by Crippen LogP contribution is -2.25. The Morgan fingerprint density at radius 2 is 0.691 bits per heavy atom. The fourth-order valence-electron chi connectivity index (χ4n) is 9.18. The van der Waals surface area contributed by atoms with E-state index in [-0.39, 0.29) is 0 Å². The molecule has 0 unspecified atom stereocenters. The van der Waals surface area contributed by atoms with Gasteiger partial charge in [0.2, 0.25) is 0 Å². The Kier molecular flexibility index (Phi) is 7.11. The summed E-state index contributed by atoms with van der Waals surface area (Å²) in [7, 11) is 0. The Hall–Kier alpha value is -7.16. The number of hydrogen-bond acceptors (Lipinski definition) is 2. The number of fused-ring (bicyclic) bond motifs is 10. The van der Waals surface area contributed by atoms with Gasteiger partial charge in [-0.05, 0) is 91.0 Å². The number of hydrogen-bond donors (Lipinski definition) is 0. The summed E-state index contributed by atoms with van der Waals surface area (Å²) in [6.45, 7) is 0. The Morgan fingerprint density at radius 3 is 1.27 bits per heavy atom. The van der Waals surface area contributed by atoms with Gasteiger partial charge in [-0.3, -0.25) is 0 Å². The summed E-state index contributed by atoms with van der Waals surface area (Å²) in [5.41, 5.74) is 19.5. The van der Waals surface area contributed by atoms with E-state index in [0.29, 0.717) is 5.82 Å². The van der Waals surface area contributed by atoms with Gasteiger partial charge in [0, 0.05) is 16.7 Å². The van der Waals surface area contributed by atoms with E-state index < -0.39 is 5.41 Å². The van der Waals surface area contributed by atoms with Gasteiger partial charge in [-0.15, -0.1) is 0 Å². The minimum atomic E-state index is -0.429. The molecule has 0 saturated heterocycles. The number of nitrogens with zero attached hydrogens (tertiary/aromatic N) is 2. The molecule has 2 aliphatic carbocycles. The zero-order valence-corrected chi connectivity index (χ0v) is 30.0. The molecular formula is C53H34N2. The first kappa shape index (κ1) is 31.4. The lowest BCUT2D eigenvalue weighted by molar-refractivity contribution is 0.794. The number of aromatic nitrogens is 2. The largest absolute Gasteiger partial charge is 0.228 e. The molecule has 1 aromatic heterocycles. The van der Waals surface area contributed by atoms with E-state index in [1.165, 1.54) is 55.6 Å². The van der Waals surface area contributed by atoms with Gasteiger partial charge in [-0.1, -0.05) is 182 Å². The van der Waals surface area contributed by atoms with Crippen LogP contribution in [0.4, 0.5) is 0 Å². The molecule has 9 aromatic rings.